The highest BCUT2D eigenvalue weighted by molar-refractivity contribution is 5.78. The maximum atomic E-state index is 5.91. The number of rotatable bonds is 3. The SMILES string of the molecule is Cc1cnn(CCN=C(N)N2CCOCC2)c1. The topological polar surface area (TPSA) is 68.7 Å². The Labute approximate surface area is 101 Å². The molecule has 1 aromatic rings. The van der Waals surface area contributed by atoms with Gasteiger partial charge in [0, 0.05) is 19.3 Å². The fourth-order valence-corrected chi connectivity index (χ4v) is 1.75. The Hall–Kier alpha value is -1.56. The van der Waals surface area contributed by atoms with Crippen LogP contribution in [-0.2, 0) is 11.3 Å². The molecule has 17 heavy (non-hydrogen) atoms. The van der Waals surface area contributed by atoms with Crippen LogP contribution in [0.15, 0.2) is 17.4 Å². The molecular weight excluding hydrogens is 218 g/mol. The van der Waals surface area contributed by atoms with Gasteiger partial charge in [-0.15, -0.1) is 0 Å². The molecular formula is C11H19N5O. The Bertz CT molecular complexity index is 381. The number of aromatic nitrogens is 2. The molecule has 0 saturated carbocycles. The van der Waals surface area contributed by atoms with Gasteiger partial charge in [-0.25, -0.2) is 0 Å². The summed E-state index contributed by atoms with van der Waals surface area (Å²) in [4.78, 5) is 6.41. The predicted molar refractivity (Wildman–Crippen MR) is 65.8 cm³/mol. The van der Waals surface area contributed by atoms with Crippen molar-refractivity contribution in [2.45, 2.75) is 13.5 Å². The van der Waals surface area contributed by atoms with Crippen LogP contribution in [0.3, 0.4) is 0 Å². The lowest BCUT2D eigenvalue weighted by atomic mass is 10.4. The molecule has 0 unspecified atom stereocenters. The zero-order valence-electron chi connectivity index (χ0n) is 10.2. The predicted octanol–water partition coefficient (Wildman–Crippen LogP) is -0.162. The van der Waals surface area contributed by atoms with Crippen molar-refractivity contribution in [2.75, 3.05) is 32.8 Å². The average Bonchev–Trinajstić information content (AvgIpc) is 2.76. The third-order valence-corrected chi connectivity index (χ3v) is 2.70. The number of guanidine groups is 1. The van der Waals surface area contributed by atoms with Gasteiger partial charge in [0.15, 0.2) is 5.96 Å². The fraction of sp³-hybridized carbons (Fsp3) is 0.636. The van der Waals surface area contributed by atoms with Crippen LogP contribution in [0.4, 0.5) is 0 Å². The van der Waals surface area contributed by atoms with Crippen LogP contribution in [0.25, 0.3) is 0 Å². The number of nitrogens with two attached hydrogens (primary N) is 1. The van der Waals surface area contributed by atoms with Gasteiger partial charge in [-0.3, -0.25) is 9.67 Å². The number of aliphatic imine (C=N–C) groups is 1. The summed E-state index contributed by atoms with van der Waals surface area (Å²) in [7, 11) is 0. The fourth-order valence-electron chi connectivity index (χ4n) is 1.75. The lowest BCUT2D eigenvalue weighted by Crippen LogP contribution is -2.44. The van der Waals surface area contributed by atoms with Crippen LogP contribution in [0.1, 0.15) is 5.56 Å². The molecule has 1 aromatic heterocycles. The Morgan fingerprint density at radius 2 is 2.29 bits per heavy atom. The molecule has 1 aliphatic rings. The number of hydrogen-bond acceptors (Lipinski definition) is 3. The lowest BCUT2D eigenvalue weighted by Gasteiger charge is -2.27. The molecule has 6 nitrogen and oxygen atoms in total. The highest BCUT2D eigenvalue weighted by Gasteiger charge is 2.11. The third-order valence-electron chi connectivity index (χ3n) is 2.70. The molecule has 1 aliphatic heterocycles. The van der Waals surface area contributed by atoms with Crippen molar-refractivity contribution in [1.82, 2.24) is 14.7 Å². The molecule has 0 radical (unpaired) electrons. The first-order chi connectivity index (χ1) is 8.25. The van der Waals surface area contributed by atoms with Crippen LogP contribution in [-0.4, -0.2) is 53.5 Å². The summed E-state index contributed by atoms with van der Waals surface area (Å²) in [6, 6.07) is 0. The Morgan fingerprint density at radius 3 is 2.94 bits per heavy atom. The van der Waals surface area contributed by atoms with Gasteiger partial charge in [-0.2, -0.15) is 5.10 Å². The minimum atomic E-state index is 0.608. The van der Waals surface area contributed by atoms with Crippen molar-refractivity contribution in [3.63, 3.8) is 0 Å². The summed E-state index contributed by atoms with van der Waals surface area (Å²) in [6.07, 6.45) is 3.84. The van der Waals surface area contributed by atoms with Gasteiger partial charge in [-0.1, -0.05) is 0 Å². The largest absolute Gasteiger partial charge is 0.378 e. The zero-order chi connectivity index (χ0) is 12.1. The van der Waals surface area contributed by atoms with Crippen LogP contribution in [0, 0.1) is 6.92 Å². The molecule has 0 aromatic carbocycles. The average molecular weight is 237 g/mol. The van der Waals surface area contributed by atoms with Crippen LogP contribution >= 0.6 is 0 Å². The van der Waals surface area contributed by atoms with Crippen molar-refractivity contribution in [2.24, 2.45) is 10.7 Å². The maximum absolute atomic E-state index is 5.91. The van der Waals surface area contributed by atoms with Gasteiger partial charge in [0.05, 0.1) is 32.5 Å². The second-order valence-corrected chi connectivity index (χ2v) is 4.12. The molecule has 0 aliphatic carbocycles. The summed E-state index contributed by atoms with van der Waals surface area (Å²) in [5.74, 6) is 0.608. The van der Waals surface area contributed by atoms with Gasteiger partial charge in [0.25, 0.3) is 0 Å². The van der Waals surface area contributed by atoms with E-state index in [2.05, 4.69) is 15.0 Å². The number of hydrogen-bond donors (Lipinski definition) is 1. The summed E-state index contributed by atoms with van der Waals surface area (Å²) >= 11 is 0. The number of ether oxygens (including phenoxy) is 1. The van der Waals surface area contributed by atoms with E-state index in [1.807, 2.05) is 24.0 Å². The highest BCUT2D eigenvalue weighted by atomic mass is 16.5. The van der Waals surface area contributed by atoms with Crippen LogP contribution in [0.2, 0.25) is 0 Å². The van der Waals surface area contributed by atoms with E-state index >= 15 is 0 Å². The van der Waals surface area contributed by atoms with Crippen LogP contribution in [0.5, 0.6) is 0 Å². The van der Waals surface area contributed by atoms with Crippen molar-refractivity contribution >= 4 is 5.96 Å². The molecule has 94 valence electrons. The zero-order valence-corrected chi connectivity index (χ0v) is 10.2. The lowest BCUT2D eigenvalue weighted by molar-refractivity contribution is 0.0674. The van der Waals surface area contributed by atoms with E-state index in [0.717, 1.165) is 38.4 Å². The Morgan fingerprint density at radius 1 is 1.53 bits per heavy atom. The van der Waals surface area contributed by atoms with Gasteiger partial charge < -0.3 is 15.4 Å². The van der Waals surface area contributed by atoms with Crippen molar-refractivity contribution in [3.05, 3.63) is 18.0 Å². The quantitative estimate of drug-likeness (QED) is 0.586. The van der Waals surface area contributed by atoms with E-state index in [4.69, 9.17) is 10.5 Å². The number of nitrogens with zero attached hydrogens (tertiary/aromatic N) is 4. The molecule has 0 spiro atoms. The first kappa shape index (κ1) is 11.9. The summed E-state index contributed by atoms with van der Waals surface area (Å²) in [5, 5.41) is 4.20. The minimum absolute atomic E-state index is 0.608. The van der Waals surface area contributed by atoms with E-state index in [1.54, 1.807) is 0 Å². The first-order valence-electron chi connectivity index (χ1n) is 5.87. The van der Waals surface area contributed by atoms with E-state index in [-0.39, 0.29) is 0 Å². The molecule has 0 amide bonds. The Balaban J connectivity index is 1.79. The first-order valence-corrected chi connectivity index (χ1v) is 5.87. The summed E-state index contributed by atoms with van der Waals surface area (Å²) in [6.45, 7) is 6.56. The van der Waals surface area contributed by atoms with Crippen molar-refractivity contribution in [1.29, 1.82) is 0 Å². The normalized spacial score (nSPS) is 17.5. The summed E-state index contributed by atoms with van der Waals surface area (Å²) in [5.41, 5.74) is 7.07. The Kier molecular flexibility index (Phi) is 3.98. The second kappa shape index (κ2) is 5.67. The van der Waals surface area contributed by atoms with Crippen molar-refractivity contribution < 1.29 is 4.74 Å². The number of aryl methyl sites for hydroxylation is 1. The molecule has 2 rings (SSSR count). The molecule has 2 N–H and O–H groups in total. The van der Waals surface area contributed by atoms with E-state index in [0.29, 0.717) is 12.5 Å². The molecule has 0 bridgehead atoms. The van der Waals surface area contributed by atoms with Gasteiger partial charge in [-0.05, 0) is 12.5 Å². The smallest absolute Gasteiger partial charge is 0.191 e. The highest BCUT2D eigenvalue weighted by Crippen LogP contribution is 1.97. The monoisotopic (exact) mass is 237 g/mol. The minimum Gasteiger partial charge on any atom is -0.378 e. The maximum Gasteiger partial charge on any atom is 0.191 e. The second-order valence-electron chi connectivity index (χ2n) is 4.12. The third kappa shape index (κ3) is 3.45. The van der Waals surface area contributed by atoms with Gasteiger partial charge in [0.2, 0.25) is 0 Å². The molecule has 0 atom stereocenters. The molecule has 1 fully saturated rings. The molecule has 2 heterocycles. The van der Waals surface area contributed by atoms with Gasteiger partial charge in [0.1, 0.15) is 0 Å². The van der Waals surface area contributed by atoms with Gasteiger partial charge >= 0.3 is 0 Å². The molecule has 1 saturated heterocycles. The van der Waals surface area contributed by atoms with E-state index < -0.39 is 0 Å². The number of morpholine rings is 1. The summed E-state index contributed by atoms with van der Waals surface area (Å²) < 4.78 is 7.14. The standard InChI is InChI=1S/C11H19N5O/c1-10-8-14-16(9-10)3-2-13-11(12)15-4-6-17-7-5-15/h8-9H,2-7H2,1H3,(H2,12,13). The van der Waals surface area contributed by atoms with E-state index in [1.165, 1.54) is 0 Å². The van der Waals surface area contributed by atoms with E-state index in [9.17, 15) is 0 Å². The van der Waals surface area contributed by atoms with Crippen molar-refractivity contribution in [3.8, 4) is 0 Å². The van der Waals surface area contributed by atoms with Crippen LogP contribution < -0.4 is 5.73 Å². The molecule has 6 heteroatoms.